The highest BCUT2D eigenvalue weighted by atomic mass is 79.9. The van der Waals surface area contributed by atoms with Crippen LogP contribution in [0.5, 0.6) is 0 Å². The molecule has 1 aromatic carbocycles. The van der Waals surface area contributed by atoms with Gasteiger partial charge in [0.1, 0.15) is 0 Å². The summed E-state index contributed by atoms with van der Waals surface area (Å²) in [6, 6.07) is 11.5. The number of piperazine rings is 1. The first-order valence-corrected chi connectivity index (χ1v) is 9.78. The zero-order valence-corrected chi connectivity index (χ0v) is 16.4. The molecule has 7 heteroatoms. The number of para-hydroxylation sites is 1. The fourth-order valence-corrected chi connectivity index (χ4v) is 3.79. The van der Waals surface area contributed by atoms with Crippen LogP contribution in [-0.4, -0.2) is 52.8 Å². The lowest BCUT2D eigenvalue weighted by atomic mass is 10.1. The Labute approximate surface area is 165 Å². The van der Waals surface area contributed by atoms with Crippen LogP contribution in [0.2, 0.25) is 0 Å². The number of aromatic nitrogens is 1. The van der Waals surface area contributed by atoms with Crippen LogP contribution >= 0.6 is 15.9 Å². The quantitative estimate of drug-likeness (QED) is 0.690. The van der Waals surface area contributed by atoms with Gasteiger partial charge in [-0.05, 0) is 46.1 Å². The highest BCUT2D eigenvalue weighted by Gasteiger charge is 2.26. The summed E-state index contributed by atoms with van der Waals surface area (Å²) in [5.74, 6) is 0.320. The van der Waals surface area contributed by atoms with Crippen molar-refractivity contribution >= 4 is 38.6 Å². The molecule has 0 aliphatic carbocycles. The normalized spacial score (nSPS) is 14.7. The Morgan fingerprint density at radius 1 is 1.04 bits per heavy atom. The maximum Gasteiger partial charge on any atom is 0.289 e. The Bertz CT molecular complexity index is 970. The molecule has 0 saturated carbocycles. The van der Waals surface area contributed by atoms with Crippen LogP contribution in [-0.2, 0) is 11.2 Å². The van der Waals surface area contributed by atoms with Crippen LogP contribution in [0, 0.1) is 0 Å². The van der Waals surface area contributed by atoms with E-state index in [1.54, 1.807) is 17.0 Å². The second kappa shape index (κ2) is 7.60. The summed E-state index contributed by atoms with van der Waals surface area (Å²) in [5.41, 5.74) is 2.26. The minimum Gasteiger partial charge on any atom is -0.444 e. The number of rotatable bonds is 4. The number of nitrogens with one attached hydrogen (secondary N) is 1. The Morgan fingerprint density at radius 3 is 2.52 bits per heavy atom. The number of nitrogens with zero attached hydrogens (tertiary/aromatic N) is 2. The highest BCUT2D eigenvalue weighted by Crippen LogP contribution is 2.20. The molecule has 0 spiro atoms. The number of halogens is 1. The molecule has 1 fully saturated rings. The predicted octanol–water partition coefficient (Wildman–Crippen LogP) is 3.44. The van der Waals surface area contributed by atoms with Gasteiger partial charge in [0.15, 0.2) is 10.4 Å². The van der Waals surface area contributed by atoms with Crippen molar-refractivity contribution in [1.29, 1.82) is 0 Å². The topological polar surface area (TPSA) is 69.6 Å². The molecule has 3 heterocycles. The van der Waals surface area contributed by atoms with E-state index in [0.717, 1.165) is 11.1 Å². The average Bonchev–Trinajstić information content (AvgIpc) is 3.32. The molecule has 0 radical (unpaired) electrons. The van der Waals surface area contributed by atoms with Gasteiger partial charge < -0.3 is 19.2 Å². The minimum atomic E-state index is -0.133. The molecule has 0 bridgehead atoms. The third-order valence-corrected chi connectivity index (χ3v) is 5.41. The monoisotopic (exact) mass is 429 g/mol. The summed E-state index contributed by atoms with van der Waals surface area (Å²) in [6.45, 7) is 2.16. The van der Waals surface area contributed by atoms with Gasteiger partial charge in [-0.1, -0.05) is 18.2 Å². The van der Waals surface area contributed by atoms with Crippen molar-refractivity contribution in [2.45, 2.75) is 12.8 Å². The van der Waals surface area contributed by atoms with Gasteiger partial charge in [-0.2, -0.15) is 0 Å². The largest absolute Gasteiger partial charge is 0.444 e. The second-order valence-electron chi connectivity index (χ2n) is 6.64. The van der Waals surface area contributed by atoms with E-state index in [1.165, 1.54) is 5.39 Å². The number of aryl methyl sites for hydroxylation is 1. The standard InChI is InChI=1S/C20H20BrN3O3/c21-18-7-6-17(27-18)20(26)24-11-9-23(10-12-24)19(25)8-5-14-13-22-16-4-2-1-3-15(14)16/h1-4,6-7,13,22H,5,8-12H2. The SMILES string of the molecule is O=C(CCc1c[nH]c2ccccc12)N1CCN(C(=O)c2ccc(Br)o2)CC1. The summed E-state index contributed by atoms with van der Waals surface area (Å²) in [4.78, 5) is 31.8. The summed E-state index contributed by atoms with van der Waals surface area (Å²) in [6.07, 6.45) is 3.17. The number of aromatic amines is 1. The molecule has 1 aliphatic heterocycles. The molecule has 1 saturated heterocycles. The zero-order valence-electron chi connectivity index (χ0n) is 14.8. The van der Waals surface area contributed by atoms with Crippen LogP contribution in [0.15, 0.2) is 51.7 Å². The smallest absolute Gasteiger partial charge is 0.289 e. The van der Waals surface area contributed by atoms with E-state index in [4.69, 9.17) is 4.42 Å². The van der Waals surface area contributed by atoms with Crippen molar-refractivity contribution in [3.8, 4) is 0 Å². The number of fused-ring (bicyclic) bond motifs is 1. The van der Waals surface area contributed by atoms with Crippen LogP contribution in [0.4, 0.5) is 0 Å². The molecular weight excluding hydrogens is 410 g/mol. The van der Waals surface area contributed by atoms with Crippen molar-refractivity contribution < 1.29 is 14.0 Å². The maximum absolute atomic E-state index is 12.6. The number of H-pyrrole nitrogens is 1. The number of amides is 2. The zero-order chi connectivity index (χ0) is 18.8. The Kier molecular flexibility index (Phi) is 5.03. The first-order chi connectivity index (χ1) is 13.1. The van der Waals surface area contributed by atoms with E-state index in [2.05, 4.69) is 27.0 Å². The van der Waals surface area contributed by atoms with Gasteiger partial charge in [-0.3, -0.25) is 9.59 Å². The number of carbonyl (C=O) groups is 2. The van der Waals surface area contributed by atoms with Crippen molar-refractivity contribution in [3.05, 3.63) is 58.6 Å². The van der Waals surface area contributed by atoms with Gasteiger partial charge in [0.05, 0.1) is 0 Å². The van der Waals surface area contributed by atoms with Crippen molar-refractivity contribution in [1.82, 2.24) is 14.8 Å². The fraction of sp³-hybridized carbons (Fsp3) is 0.300. The summed E-state index contributed by atoms with van der Waals surface area (Å²) in [5, 5.41) is 1.17. The third kappa shape index (κ3) is 3.78. The molecule has 6 nitrogen and oxygen atoms in total. The number of benzene rings is 1. The molecule has 3 aromatic rings. The third-order valence-electron chi connectivity index (χ3n) is 4.99. The van der Waals surface area contributed by atoms with Gasteiger partial charge in [0.25, 0.3) is 5.91 Å². The van der Waals surface area contributed by atoms with Gasteiger partial charge in [-0.25, -0.2) is 0 Å². The molecule has 0 atom stereocenters. The van der Waals surface area contributed by atoms with Crippen LogP contribution in [0.1, 0.15) is 22.5 Å². The Hall–Kier alpha value is -2.54. The number of hydrogen-bond donors (Lipinski definition) is 1. The lowest BCUT2D eigenvalue weighted by Gasteiger charge is -2.34. The first-order valence-electron chi connectivity index (χ1n) is 8.99. The van der Waals surface area contributed by atoms with Crippen molar-refractivity contribution in [2.75, 3.05) is 26.2 Å². The van der Waals surface area contributed by atoms with E-state index >= 15 is 0 Å². The molecule has 2 amide bonds. The number of hydrogen-bond acceptors (Lipinski definition) is 3. The Morgan fingerprint density at radius 2 is 1.78 bits per heavy atom. The highest BCUT2D eigenvalue weighted by molar-refractivity contribution is 9.10. The van der Waals surface area contributed by atoms with Crippen LogP contribution in [0.25, 0.3) is 10.9 Å². The summed E-state index contributed by atoms with van der Waals surface area (Å²) >= 11 is 3.21. The Balaban J connectivity index is 1.30. The molecule has 2 aromatic heterocycles. The van der Waals surface area contributed by atoms with Crippen molar-refractivity contribution in [3.63, 3.8) is 0 Å². The lowest BCUT2D eigenvalue weighted by molar-refractivity contribution is -0.132. The predicted molar refractivity (Wildman–Crippen MR) is 106 cm³/mol. The van der Waals surface area contributed by atoms with Crippen LogP contribution < -0.4 is 0 Å². The van der Waals surface area contributed by atoms with E-state index < -0.39 is 0 Å². The molecular formula is C20H20BrN3O3. The molecule has 1 N–H and O–H groups in total. The van der Waals surface area contributed by atoms with E-state index in [-0.39, 0.29) is 11.8 Å². The average molecular weight is 430 g/mol. The van der Waals surface area contributed by atoms with Gasteiger partial charge in [0, 0.05) is 49.7 Å². The van der Waals surface area contributed by atoms with E-state index in [1.807, 2.05) is 29.3 Å². The van der Waals surface area contributed by atoms with Gasteiger partial charge in [0.2, 0.25) is 5.91 Å². The molecule has 27 heavy (non-hydrogen) atoms. The minimum absolute atomic E-state index is 0.133. The number of furan rings is 1. The van der Waals surface area contributed by atoms with Gasteiger partial charge in [-0.15, -0.1) is 0 Å². The molecule has 140 valence electrons. The van der Waals surface area contributed by atoms with Crippen LogP contribution in [0.3, 0.4) is 0 Å². The van der Waals surface area contributed by atoms with Crippen molar-refractivity contribution in [2.24, 2.45) is 0 Å². The molecule has 4 rings (SSSR count). The second-order valence-corrected chi connectivity index (χ2v) is 7.42. The number of carbonyl (C=O) groups excluding carboxylic acids is 2. The lowest BCUT2D eigenvalue weighted by Crippen LogP contribution is -2.50. The van der Waals surface area contributed by atoms with E-state index in [0.29, 0.717) is 49.5 Å². The maximum atomic E-state index is 12.6. The first kappa shape index (κ1) is 17.9. The summed E-state index contributed by atoms with van der Waals surface area (Å²) < 4.78 is 5.87. The van der Waals surface area contributed by atoms with Gasteiger partial charge >= 0.3 is 0 Å². The molecule has 0 unspecified atom stereocenters. The fourth-order valence-electron chi connectivity index (χ4n) is 3.48. The van der Waals surface area contributed by atoms with E-state index in [9.17, 15) is 9.59 Å². The summed E-state index contributed by atoms with van der Waals surface area (Å²) in [7, 11) is 0. The molecule has 1 aliphatic rings.